The van der Waals surface area contributed by atoms with E-state index in [2.05, 4.69) is 67.3 Å². The fourth-order valence-corrected chi connectivity index (χ4v) is 4.64. The lowest BCUT2D eigenvalue weighted by Crippen LogP contribution is -2.60. The number of hydrogen-bond donors (Lipinski definition) is 0. The van der Waals surface area contributed by atoms with Crippen LogP contribution in [0.5, 0.6) is 0 Å². The summed E-state index contributed by atoms with van der Waals surface area (Å²) in [6.45, 7) is 6.49. The lowest BCUT2D eigenvalue weighted by atomic mass is 9.70. The molecule has 31 heavy (non-hydrogen) atoms. The summed E-state index contributed by atoms with van der Waals surface area (Å²) in [5.74, 6) is 1.11. The molecule has 3 heteroatoms. The smallest absolute Gasteiger partial charge is 0.123 e. The summed E-state index contributed by atoms with van der Waals surface area (Å²) in [5, 5.41) is 10.4. The molecule has 0 atom stereocenters. The fourth-order valence-electron chi connectivity index (χ4n) is 4.64. The number of nitriles is 1. The van der Waals surface area contributed by atoms with Crippen molar-refractivity contribution in [2.45, 2.75) is 56.6 Å². The van der Waals surface area contributed by atoms with E-state index >= 15 is 0 Å². The normalized spacial score (nSPS) is 17.5. The molecule has 160 valence electrons. The first-order chi connectivity index (χ1) is 15.0. The Balaban J connectivity index is 1.45. The molecule has 1 aliphatic carbocycles. The molecule has 0 saturated carbocycles. The third kappa shape index (κ3) is 4.60. The number of hydrogen-bond acceptors (Lipinski definition) is 3. The number of benzene rings is 2. The first kappa shape index (κ1) is 21.4. The van der Waals surface area contributed by atoms with E-state index in [1.807, 2.05) is 36.4 Å². The Morgan fingerprint density at radius 2 is 1.58 bits per heavy atom. The zero-order valence-corrected chi connectivity index (χ0v) is 18.6. The van der Waals surface area contributed by atoms with Gasteiger partial charge in [0.05, 0.1) is 11.8 Å². The summed E-state index contributed by atoms with van der Waals surface area (Å²) in [7, 11) is 0. The Labute approximate surface area is 186 Å². The third-order valence-corrected chi connectivity index (χ3v) is 6.83. The quantitative estimate of drug-likeness (QED) is 0.534. The van der Waals surface area contributed by atoms with Gasteiger partial charge in [-0.25, -0.2) is 0 Å². The number of allylic oxidation sites excluding steroid dienone is 4. The average Bonchev–Trinajstić information content (AvgIpc) is 2.79. The molecule has 0 bridgehead atoms. The fraction of sp³-hybridized carbons (Fsp3) is 0.393. The maximum atomic E-state index is 10.4. The highest BCUT2D eigenvalue weighted by atomic mass is 16.5. The van der Waals surface area contributed by atoms with Gasteiger partial charge < -0.3 is 4.74 Å². The average molecular weight is 413 g/mol. The summed E-state index contributed by atoms with van der Waals surface area (Å²) < 4.78 is 6.17. The van der Waals surface area contributed by atoms with Crippen molar-refractivity contribution in [3.63, 3.8) is 0 Å². The van der Waals surface area contributed by atoms with Crippen molar-refractivity contribution in [3.05, 3.63) is 95.8 Å². The van der Waals surface area contributed by atoms with Crippen LogP contribution in [-0.2, 0) is 10.2 Å². The van der Waals surface area contributed by atoms with E-state index in [0.29, 0.717) is 0 Å². The molecule has 1 fully saturated rings. The maximum absolute atomic E-state index is 10.4. The van der Waals surface area contributed by atoms with Crippen molar-refractivity contribution in [2.24, 2.45) is 0 Å². The van der Waals surface area contributed by atoms with E-state index < -0.39 is 5.41 Å². The highest BCUT2D eigenvalue weighted by molar-refractivity contribution is 5.45. The molecular weight excluding hydrogens is 380 g/mol. The molecule has 1 heterocycles. The summed E-state index contributed by atoms with van der Waals surface area (Å²) in [6.07, 6.45) is 10.4. The van der Waals surface area contributed by atoms with Crippen molar-refractivity contribution in [1.29, 1.82) is 5.26 Å². The van der Waals surface area contributed by atoms with E-state index in [-0.39, 0.29) is 11.6 Å². The first-order valence-corrected chi connectivity index (χ1v) is 11.3. The molecule has 0 radical (unpaired) electrons. The summed E-state index contributed by atoms with van der Waals surface area (Å²) in [5.41, 5.74) is 1.51. The van der Waals surface area contributed by atoms with Gasteiger partial charge in [0.15, 0.2) is 0 Å². The minimum Gasteiger partial charge on any atom is -0.492 e. The standard InChI is InChI=1S/C28H32N2O/c1-27(2,30-20-26(21-30)31-25-16-10-5-11-17-25)18-19-28(22-29,23-12-6-3-7-13-23)24-14-8-4-9-15-24/h3-10,12-16,26H,11,17-21H2,1-2H3. The Hall–Kier alpha value is -2.83. The lowest BCUT2D eigenvalue weighted by molar-refractivity contribution is -0.0749. The largest absolute Gasteiger partial charge is 0.492 e. The van der Waals surface area contributed by atoms with Crippen molar-refractivity contribution in [3.8, 4) is 6.07 Å². The zero-order chi connectivity index (χ0) is 21.7. The van der Waals surface area contributed by atoms with Crippen LogP contribution in [0.15, 0.2) is 84.7 Å². The summed E-state index contributed by atoms with van der Waals surface area (Å²) >= 11 is 0. The van der Waals surface area contributed by atoms with Crippen LogP contribution in [0.3, 0.4) is 0 Å². The molecule has 2 aromatic rings. The highest BCUT2D eigenvalue weighted by Gasteiger charge is 2.42. The second-order valence-corrected chi connectivity index (χ2v) is 9.31. The zero-order valence-electron chi connectivity index (χ0n) is 18.6. The lowest BCUT2D eigenvalue weighted by Gasteiger charge is -2.49. The molecule has 0 unspecified atom stereocenters. The van der Waals surface area contributed by atoms with Gasteiger partial charge in [0.2, 0.25) is 0 Å². The molecule has 4 rings (SSSR count). The first-order valence-electron chi connectivity index (χ1n) is 11.3. The van der Waals surface area contributed by atoms with E-state index in [1.165, 1.54) is 0 Å². The van der Waals surface area contributed by atoms with Crippen LogP contribution in [-0.4, -0.2) is 29.6 Å². The molecule has 2 aliphatic rings. The molecule has 0 aromatic heterocycles. The predicted octanol–water partition coefficient (Wildman–Crippen LogP) is 5.99. The van der Waals surface area contributed by atoms with Gasteiger partial charge in [0.1, 0.15) is 11.5 Å². The van der Waals surface area contributed by atoms with E-state index in [9.17, 15) is 5.26 Å². The Bertz CT molecular complexity index is 924. The van der Waals surface area contributed by atoms with E-state index in [0.717, 1.165) is 55.7 Å². The van der Waals surface area contributed by atoms with Gasteiger partial charge in [-0.05, 0) is 50.3 Å². The minimum atomic E-state index is -0.639. The SMILES string of the molecule is CC(C)(CCC(C#N)(c1ccccc1)c1ccccc1)N1CC(OC2=CC=CCC2)C1. The summed E-state index contributed by atoms with van der Waals surface area (Å²) in [4.78, 5) is 2.50. The van der Waals surface area contributed by atoms with Gasteiger partial charge in [0, 0.05) is 25.0 Å². The van der Waals surface area contributed by atoms with E-state index in [4.69, 9.17) is 4.74 Å². The van der Waals surface area contributed by atoms with Crippen molar-refractivity contribution in [2.75, 3.05) is 13.1 Å². The third-order valence-electron chi connectivity index (χ3n) is 6.83. The number of rotatable bonds is 8. The molecule has 1 saturated heterocycles. The monoisotopic (exact) mass is 412 g/mol. The van der Waals surface area contributed by atoms with E-state index in [1.54, 1.807) is 0 Å². The van der Waals surface area contributed by atoms with Crippen LogP contribution in [0, 0.1) is 11.3 Å². The number of nitrogens with zero attached hydrogens (tertiary/aromatic N) is 2. The minimum absolute atomic E-state index is 0.00632. The Kier molecular flexibility index (Phi) is 6.30. The predicted molar refractivity (Wildman–Crippen MR) is 125 cm³/mol. The Morgan fingerprint density at radius 3 is 2.10 bits per heavy atom. The second kappa shape index (κ2) is 9.12. The molecule has 1 aliphatic heterocycles. The van der Waals surface area contributed by atoms with Crippen LogP contribution >= 0.6 is 0 Å². The second-order valence-electron chi connectivity index (χ2n) is 9.31. The molecule has 0 amide bonds. The van der Waals surface area contributed by atoms with Gasteiger partial charge >= 0.3 is 0 Å². The van der Waals surface area contributed by atoms with Gasteiger partial charge in [-0.3, -0.25) is 4.90 Å². The molecule has 2 aromatic carbocycles. The van der Waals surface area contributed by atoms with Gasteiger partial charge in [-0.2, -0.15) is 5.26 Å². The van der Waals surface area contributed by atoms with Crippen LogP contribution in [0.25, 0.3) is 0 Å². The van der Waals surface area contributed by atoms with Crippen LogP contribution in [0.1, 0.15) is 50.7 Å². The van der Waals surface area contributed by atoms with Crippen LogP contribution < -0.4 is 0 Å². The van der Waals surface area contributed by atoms with Gasteiger partial charge in [0.25, 0.3) is 0 Å². The number of likely N-dealkylation sites (tertiary alicyclic amines) is 1. The number of ether oxygens (including phenoxy) is 1. The molecule has 0 N–H and O–H groups in total. The van der Waals surface area contributed by atoms with Crippen molar-refractivity contribution in [1.82, 2.24) is 4.90 Å². The highest BCUT2D eigenvalue weighted by Crippen LogP contribution is 2.40. The van der Waals surface area contributed by atoms with Crippen LogP contribution in [0.2, 0.25) is 0 Å². The molecule has 3 nitrogen and oxygen atoms in total. The molecule has 0 spiro atoms. The molecular formula is C28H32N2O. The van der Waals surface area contributed by atoms with Crippen LogP contribution in [0.4, 0.5) is 0 Å². The van der Waals surface area contributed by atoms with Crippen molar-refractivity contribution >= 4 is 0 Å². The topological polar surface area (TPSA) is 36.3 Å². The van der Waals surface area contributed by atoms with Gasteiger partial charge in [-0.1, -0.05) is 72.8 Å². The maximum Gasteiger partial charge on any atom is 0.123 e. The van der Waals surface area contributed by atoms with Gasteiger partial charge in [-0.15, -0.1) is 0 Å². The summed E-state index contributed by atoms with van der Waals surface area (Å²) in [6, 6.07) is 23.2. The van der Waals surface area contributed by atoms with Crippen molar-refractivity contribution < 1.29 is 4.74 Å². The Morgan fingerprint density at radius 1 is 0.968 bits per heavy atom.